The lowest BCUT2D eigenvalue weighted by atomic mass is 9.87. The van der Waals surface area contributed by atoms with E-state index in [-0.39, 0.29) is 17.9 Å². The van der Waals surface area contributed by atoms with Crippen molar-refractivity contribution < 1.29 is 28.6 Å². The molecule has 0 saturated carbocycles. The maximum Gasteiger partial charge on any atom is 0.347 e. The van der Waals surface area contributed by atoms with Crippen molar-refractivity contribution in [2.45, 2.75) is 39.2 Å². The topological polar surface area (TPSA) is 90.9 Å². The van der Waals surface area contributed by atoms with Crippen LogP contribution in [0.1, 0.15) is 43.6 Å². The molecule has 0 spiro atoms. The number of ether oxygens (including phenoxy) is 3. The lowest BCUT2D eigenvalue weighted by Gasteiger charge is -2.20. The van der Waals surface area contributed by atoms with Crippen molar-refractivity contribution in [3.05, 3.63) is 53.6 Å². The SMILES string of the molecule is C[C@@H](Oc1ccc(C(C)(C)C)cc1)C(=O)OCC(=O)c1ccc2c(c1)NC(=O)CO2. The molecule has 3 rings (SSSR count). The third-order valence-corrected chi connectivity index (χ3v) is 4.65. The minimum absolute atomic E-state index is 0.0229. The van der Waals surface area contributed by atoms with Gasteiger partial charge in [0.15, 0.2) is 25.1 Å². The number of Topliss-reactive ketones (excluding diaryl/α,β-unsaturated/α-hetero) is 1. The maximum atomic E-state index is 12.4. The van der Waals surface area contributed by atoms with Gasteiger partial charge in [-0.1, -0.05) is 32.9 Å². The van der Waals surface area contributed by atoms with Gasteiger partial charge in [0.1, 0.15) is 11.5 Å². The van der Waals surface area contributed by atoms with Gasteiger partial charge in [-0.2, -0.15) is 0 Å². The van der Waals surface area contributed by atoms with Crippen LogP contribution in [0.5, 0.6) is 11.5 Å². The average Bonchev–Trinajstić information content (AvgIpc) is 2.70. The zero-order valence-electron chi connectivity index (χ0n) is 17.5. The number of nitrogens with one attached hydrogen (secondary N) is 1. The molecule has 7 heteroatoms. The molecule has 1 heterocycles. The van der Waals surface area contributed by atoms with Gasteiger partial charge in [0.2, 0.25) is 0 Å². The number of carbonyl (C=O) groups excluding carboxylic acids is 3. The van der Waals surface area contributed by atoms with E-state index in [4.69, 9.17) is 14.2 Å². The second-order valence-electron chi connectivity index (χ2n) is 8.11. The summed E-state index contributed by atoms with van der Waals surface area (Å²) in [4.78, 5) is 36.0. The normalized spacial score (nSPS) is 14.1. The Bertz CT molecular complexity index is 959. The molecule has 1 N–H and O–H groups in total. The lowest BCUT2D eigenvalue weighted by molar-refractivity contribution is -0.149. The Hall–Kier alpha value is -3.35. The Balaban J connectivity index is 1.54. The predicted octanol–water partition coefficient (Wildman–Crippen LogP) is 3.51. The molecule has 0 bridgehead atoms. The van der Waals surface area contributed by atoms with Gasteiger partial charge in [-0.05, 0) is 48.2 Å². The first kappa shape index (κ1) is 21.4. The van der Waals surface area contributed by atoms with Gasteiger partial charge in [0, 0.05) is 5.56 Å². The summed E-state index contributed by atoms with van der Waals surface area (Å²) in [5, 5.41) is 2.63. The predicted molar refractivity (Wildman–Crippen MR) is 111 cm³/mol. The quantitative estimate of drug-likeness (QED) is 0.578. The number of esters is 1. The number of hydrogen-bond acceptors (Lipinski definition) is 6. The van der Waals surface area contributed by atoms with Gasteiger partial charge in [0.25, 0.3) is 5.91 Å². The maximum absolute atomic E-state index is 12.4. The molecule has 0 saturated heterocycles. The first-order valence-corrected chi connectivity index (χ1v) is 9.67. The molecule has 0 aromatic heterocycles. The molecule has 0 unspecified atom stereocenters. The number of carbonyl (C=O) groups is 3. The number of amides is 1. The van der Waals surface area contributed by atoms with Crippen LogP contribution in [0.25, 0.3) is 0 Å². The van der Waals surface area contributed by atoms with Crippen LogP contribution in [-0.2, 0) is 19.7 Å². The lowest BCUT2D eigenvalue weighted by Crippen LogP contribution is -2.28. The molecular weight excluding hydrogens is 386 g/mol. The standard InChI is InChI=1S/C23H25NO6/c1-14(30-17-8-6-16(7-9-17)23(2,3)4)22(27)29-12-19(25)15-5-10-20-18(11-15)24-21(26)13-28-20/h5-11,14H,12-13H2,1-4H3,(H,24,26)/t14-/m1/s1. The molecule has 1 amide bonds. The second-order valence-corrected chi connectivity index (χ2v) is 8.11. The minimum atomic E-state index is -0.866. The van der Waals surface area contributed by atoms with Crippen molar-refractivity contribution in [3.8, 4) is 11.5 Å². The highest BCUT2D eigenvalue weighted by Crippen LogP contribution is 2.28. The van der Waals surface area contributed by atoms with E-state index in [0.717, 1.165) is 5.56 Å². The van der Waals surface area contributed by atoms with Gasteiger partial charge < -0.3 is 19.5 Å². The van der Waals surface area contributed by atoms with Gasteiger partial charge in [-0.15, -0.1) is 0 Å². The number of rotatable bonds is 6. The van der Waals surface area contributed by atoms with E-state index in [1.807, 2.05) is 12.1 Å². The van der Waals surface area contributed by atoms with Crippen molar-refractivity contribution in [2.75, 3.05) is 18.5 Å². The van der Waals surface area contributed by atoms with Gasteiger partial charge in [0.05, 0.1) is 5.69 Å². The molecular formula is C23H25NO6. The van der Waals surface area contributed by atoms with Crippen molar-refractivity contribution in [1.29, 1.82) is 0 Å². The Morgan fingerprint density at radius 1 is 1.13 bits per heavy atom. The Morgan fingerprint density at radius 2 is 1.83 bits per heavy atom. The van der Waals surface area contributed by atoms with E-state index in [2.05, 4.69) is 26.1 Å². The molecule has 1 atom stereocenters. The summed E-state index contributed by atoms with van der Waals surface area (Å²) < 4.78 is 16.0. The van der Waals surface area contributed by atoms with Crippen LogP contribution in [0, 0.1) is 0 Å². The number of benzene rings is 2. The number of fused-ring (bicyclic) bond motifs is 1. The van der Waals surface area contributed by atoms with Crippen molar-refractivity contribution >= 4 is 23.3 Å². The smallest absolute Gasteiger partial charge is 0.347 e. The highest BCUT2D eigenvalue weighted by Gasteiger charge is 2.21. The van der Waals surface area contributed by atoms with Crippen molar-refractivity contribution in [2.24, 2.45) is 0 Å². The highest BCUT2D eigenvalue weighted by molar-refractivity contribution is 6.01. The van der Waals surface area contributed by atoms with Crippen LogP contribution in [0.15, 0.2) is 42.5 Å². The Morgan fingerprint density at radius 3 is 2.50 bits per heavy atom. The number of hydrogen-bond donors (Lipinski definition) is 1. The fraction of sp³-hybridized carbons (Fsp3) is 0.348. The molecule has 0 fully saturated rings. The molecule has 30 heavy (non-hydrogen) atoms. The summed E-state index contributed by atoms with van der Waals surface area (Å²) >= 11 is 0. The zero-order chi connectivity index (χ0) is 21.9. The third-order valence-electron chi connectivity index (χ3n) is 4.65. The van der Waals surface area contributed by atoms with Crippen molar-refractivity contribution in [3.63, 3.8) is 0 Å². The largest absolute Gasteiger partial charge is 0.482 e. The van der Waals surface area contributed by atoms with Crippen LogP contribution in [0.4, 0.5) is 5.69 Å². The van der Waals surface area contributed by atoms with E-state index >= 15 is 0 Å². The average molecular weight is 411 g/mol. The summed E-state index contributed by atoms with van der Waals surface area (Å²) in [5.74, 6) is -0.294. The van der Waals surface area contributed by atoms with E-state index < -0.39 is 24.5 Å². The summed E-state index contributed by atoms with van der Waals surface area (Å²) in [7, 11) is 0. The molecule has 7 nitrogen and oxygen atoms in total. The molecule has 1 aliphatic heterocycles. The minimum Gasteiger partial charge on any atom is -0.482 e. The second kappa shape index (κ2) is 8.57. The molecule has 0 aliphatic carbocycles. The third kappa shape index (κ3) is 5.17. The Kier molecular flexibility index (Phi) is 6.10. The molecule has 2 aromatic rings. The molecule has 0 radical (unpaired) electrons. The van der Waals surface area contributed by atoms with E-state index in [1.54, 1.807) is 31.2 Å². The summed E-state index contributed by atoms with van der Waals surface area (Å²) in [5.41, 5.74) is 1.90. The van der Waals surface area contributed by atoms with Crippen LogP contribution in [-0.4, -0.2) is 37.0 Å². The zero-order valence-corrected chi connectivity index (χ0v) is 17.5. The van der Waals surface area contributed by atoms with Crippen LogP contribution in [0.3, 0.4) is 0 Å². The van der Waals surface area contributed by atoms with Crippen LogP contribution >= 0.6 is 0 Å². The van der Waals surface area contributed by atoms with E-state index in [1.165, 1.54) is 6.07 Å². The number of anilines is 1. The summed E-state index contributed by atoms with van der Waals surface area (Å²) in [6, 6.07) is 12.2. The first-order valence-electron chi connectivity index (χ1n) is 9.67. The molecule has 1 aliphatic rings. The summed E-state index contributed by atoms with van der Waals surface area (Å²) in [6.07, 6.45) is -0.866. The highest BCUT2D eigenvalue weighted by atomic mass is 16.6. The molecule has 158 valence electrons. The van der Waals surface area contributed by atoms with Gasteiger partial charge in [-0.3, -0.25) is 9.59 Å². The monoisotopic (exact) mass is 411 g/mol. The van der Waals surface area contributed by atoms with E-state index in [0.29, 0.717) is 22.7 Å². The fourth-order valence-electron chi connectivity index (χ4n) is 2.88. The molecule has 2 aromatic carbocycles. The van der Waals surface area contributed by atoms with Gasteiger partial charge in [-0.25, -0.2) is 4.79 Å². The van der Waals surface area contributed by atoms with Crippen LogP contribution < -0.4 is 14.8 Å². The van der Waals surface area contributed by atoms with Gasteiger partial charge >= 0.3 is 5.97 Å². The fourth-order valence-corrected chi connectivity index (χ4v) is 2.88. The van der Waals surface area contributed by atoms with E-state index in [9.17, 15) is 14.4 Å². The first-order chi connectivity index (χ1) is 14.1. The Labute approximate surface area is 175 Å². The van der Waals surface area contributed by atoms with Crippen molar-refractivity contribution in [1.82, 2.24) is 0 Å². The number of ketones is 1. The summed E-state index contributed by atoms with van der Waals surface area (Å²) in [6.45, 7) is 7.42. The van der Waals surface area contributed by atoms with Crippen LogP contribution in [0.2, 0.25) is 0 Å².